The third kappa shape index (κ3) is 3.56. The molecule has 0 radical (unpaired) electrons. The molecule has 14 heavy (non-hydrogen) atoms. The second-order valence-corrected chi connectivity index (χ2v) is 3.93. The van der Waals surface area contributed by atoms with Crippen LogP contribution in [0.25, 0.3) is 0 Å². The topological polar surface area (TPSA) is 35.2 Å². The molecule has 0 aliphatic heterocycles. The Bertz CT molecular complexity index is 299. The molecule has 1 atom stereocenters. The minimum absolute atomic E-state index is 0.184. The van der Waals surface area contributed by atoms with E-state index in [2.05, 4.69) is 0 Å². The van der Waals surface area contributed by atoms with Crippen molar-refractivity contribution in [1.29, 1.82) is 0 Å². The van der Waals surface area contributed by atoms with Gasteiger partial charge in [-0.25, -0.2) is 0 Å². The molecule has 0 amide bonds. The summed E-state index contributed by atoms with van der Waals surface area (Å²) in [6.07, 6.45) is 0.863. The Morgan fingerprint density at radius 3 is 2.79 bits per heavy atom. The van der Waals surface area contributed by atoms with Crippen molar-refractivity contribution in [1.82, 2.24) is 0 Å². The second-order valence-electron chi connectivity index (χ2n) is 3.53. The van der Waals surface area contributed by atoms with Gasteiger partial charge in [-0.05, 0) is 44.0 Å². The van der Waals surface area contributed by atoms with Gasteiger partial charge in [-0.2, -0.15) is 0 Å². The van der Waals surface area contributed by atoms with Gasteiger partial charge in [0.15, 0.2) is 0 Å². The molecule has 78 valence electrons. The lowest BCUT2D eigenvalue weighted by atomic mass is 10.2. The van der Waals surface area contributed by atoms with Crippen LogP contribution in [0.4, 0.5) is 0 Å². The van der Waals surface area contributed by atoms with Crippen LogP contribution in [0.5, 0.6) is 5.75 Å². The first-order valence-corrected chi connectivity index (χ1v) is 5.12. The van der Waals surface area contributed by atoms with Gasteiger partial charge in [-0.15, -0.1) is 0 Å². The predicted molar refractivity (Wildman–Crippen MR) is 60.0 cm³/mol. The molecule has 1 rings (SSSR count). The zero-order valence-electron chi connectivity index (χ0n) is 8.59. The fourth-order valence-electron chi connectivity index (χ4n) is 1.07. The Hall–Kier alpha value is -0.730. The number of ether oxygens (including phenoxy) is 1. The first-order chi connectivity index (χ1) is 6.59. The zero-order chi connectivity index (χ0) is 10.6. The average Bonchev–Trinajstić information content (AvgIpc) is 2.10. The Labute approximate surface area is 90.0 Å². The molecule has 0 bridgehead atoms. The molecule has 1 aromatic carbocycles. The Balaban J connectivity index is 2.47. The highest BCUT2D eigenvalue weighted by Gasteiger charge is 1.99. The highest BCUT2D eigenvalue weighted by atomic mass is 35.5. The van der Waals surface area contributed by atoms with Gasteiger partial charge in [0.05, 0.1) is 6.61 Å². The van der Waals surface area contributed by atoms with E-state index in [1.807, 2.05) is 32.0 Å². The maximum absolute atomic E-state index is 5.89. The normalized spacial score (nSPS) is 12.6. The molecule has 0 aliphatic carbocycles. The van der Waals surface area contributed by atoms with Gasteiger partial charge in [0, 0.05) is 11.1 Å². The lowest BCUT2D eigenvalue weighted by Crippen LogP contribution is -2.18. The largest absolute Gasteiger partial charge is 0.494 e. The fraction of sp³-hybridized carbons (Fsp3) is 0.455. The van der Waals surface area contributed by atoms with Gasteiger partial charge < -0.3 is 10.5 Å². The minimum atomic E-state index is 0.184. The average molecular weight is 214 g/mol. The Morgan fingerprint density at radius 2 is 2.21 bits per heavy atom. The SMILES string of the molecule is Cc1cc(OCCC(C)N)ccc1Cl. The number of benzene rings is 1. The summed E-state index contributed by atoms with van der Waals surface area (Å²) < 4.78 is 5.51. The molecule has 0 aliphatic rings. The van der Waals surface area contributed by atoms with E-state index < -0.39 is 0 Å². The van der Waals surface area contributed by atoms with Crippen molar-refractivity contribution >= 4 is 11.6 Å². The molecule has 0 fully saturated rings. The molecule has 0 aromatic heterocycles. The molecular weight excluding hydrogens is 198 g/mol. The number of nitrogens with two attached hydrogens (primary N) is 1. The van der Waals surface area contributed by atoms with Gasteiger partial charge in [0.1, 0.15) is 5.75 Å². The summed E-state index contributed by atoms with van der Waals surface area (Å²) in [6, 6.07) is 5.83. The molecule has 2 nitrogen and oxygen atoms in total. The van der Waals surface area contributed by atoms with Crippen molar-refractivity contribution in [3.63, 3.8) is 0 Å². The molecule has 2 N–H and O–H groups in total. The minimum Gasteiger partial charge on any atom is -0.494 e. The summed E-state index contributed by atoms with van der Waals surface area (Å²) in [7, 11) is 0. The summed E-state index contributed by atoms with van der Waals surface area (Å²) in [5, 5.41) is 0.768. The first-order valence-electron chi connectivity index (χ1n) is 4.74. The highest BCUT2D eigenvalue weighted by molar-refractivity contribution is 6.31. The van der Waals surface area contributed by atoms with E-state index in [4.69, 9.17) is 22.1 Å². The fourth-order valence-corrected chi connectivity index (χ4v) is 1.19. The van der Waals surface area contributed by atoms with Crippen LogP contribution in [0.2, 0.25) is 5.02 Å². The Kier molecular flexibility index (Phi) is 4.23. The first kappa shape index (κ1) is 11.3. The van der Waals surface area contributed by atoms with Crippen molar-refractivity contribution in [2.24, 2.45) is 5.73 Å². The van der Waals surface area contributed by atoms with E-state index in [1.54, 1.807) is 0 Å². The highest BCUT2D eigenvalue weighted by Crippen LogP contribution is 2.21. The van der Waals surface area contributed by atoms with E-state index in [0.717, 1.165) is 22.8 Å². The lowest BCUT2D eigenvalue weighted by Gasteiger charge is -2.09. The molecule has 0 spiro atoms. The number of hydrogen-bond donors (Lipinski definition) is 1. The van der Waals surface area contributed by atoms with E-state index >= 15 is 0 Å². The summed E-state index contributed by atoms with van der Waals surface area (Å²) >= 11 is 5.89. The van der Waals surface area contributed by atoms with Crippen LogP contribution in [0, 0.1) is 6.92 Å². The monoisotopic (exact) mass is 213 g/mol. The maximum atomic E-state index is 5.89. The van der Waals surface area contributed by atoms with E-state index in [0.29, 0.717) is 6.61 Å². The van der Waals surface area contributed by atoms with Crippen LogP contribution in [-0.2, 0) is 0 Å². The third-order valence-corrected chi connectivity index (χ3v) is 2.40. The van der Waals surface area contributed by atoms with E-state index in [9.17, 15) is 0 Å². The second kappa shape index (κ2) is 5.23. The van der Waals surface area contributed by atoms with Gasteiger partial charge in [0.25, 0.3) is 0 Å². The molecular formula is C11H16ClNO. The molecule has 3 heteroatoms. The summed E-state index contributed by atoms with van der Waals surface area (Å²) in [5.41, 5.74) is 6.64. The van der Waals surface area contributed by atoms with Crippen LogP contribution in [0.3, 0.4) is 0 Å². The molecule has 1 unspecified atom stereocenters. The quantitative estimate of drug-likeness (QED) is 0.835. The molecule has 0 heterocycles. The lowest BCUT2D eigenvalue weighted by molar-refractivity contribution is 0.301. The van der Waals surface area contributed by atoms with Crippen molar-refractivity contribution in [2.45, 2.75) is 26.3 Å². The van der Waals surface area contributed by atoms with Crippen molar-refractivity contribution in [3.8, 4) is 5.75 Å². The molecule has 0 saturated carbocycles. The summed E-state index contributed by atoms with van der Waals surface area (Å²) in [4.78, 5) is 0. The van der Waals surface area contributed by atoms with Gasteiger partial charge in [-0.3, -0.25) is 0 Å². The maximum Gasteiger partial charge on any atom is 0.119 e. The summed E-state index contributed by atoms with van der Waals surface area (Å²) in [5.74, 6) is 0.854. The van der Waals surface area contributed by atoms with E-state index in [1.165, 1.54) is 0 Å². The number of rotatable bonds is 4. The van der Waals surface area contributed by atoms with Crippen LogP contribution < -0.4 is 10.5 Å². The van der Waals surface area contributed by atoms with Gasteiger partial charge in [-0.1, -0.05) is 11.6 Å². The predicted octanol–water partition coefficient (Wildman–Crippen LogP) is 2.76. The van der Waals surface area contributed by atoms with Crippen molar-refractivity contribution < 1.29 is 4.74 Å². The van der Waals surface area contributed by atoms with Crippen LogP contribution >= 0.6 is 11.6 Å². The Morgan fingerprint density at radius 1 is 1.50 bits per heavy atom. The standard InChI is InChI=1S/C11H16ClNO/c1-8-7-10(3-4-11(8)12)14-6-5-9(2)13/h3-4,7,9H,5-6,13H2,1-2H3. The van der Waals surface area contributed by atoms with Crippen LogP contribution in [0.15, 0.2) is 18.2 Å². The van der Waals surface area contributed by atoms with Gasteiger partial charge >= 0.3 is 0 Å². The smallest absolute Gasteiger partial charge is 0.119 e. The van der Waals surface area contributed by atoms with Gasteiger partial charge in [0.2, 0.25) is 0 Å². The van der Waals surface area contributed by atoms with Crippen molar-refractivity contribution in [2.75, 3.05) is 6.61 Å². The van der Waals surface area contributed by atoms with Crippen LogP contribution in [0.1, 0.15) is 18.9 Å². The van der Waals surface area contributed by atoms with E-state index in [-0.39, 0.29) is 6.04 Å². The molecule has 1 aromatic rings. The van der Waals surface area contributed by atoms with Crippen molar-refractivity contribution in [3.05, 3.63) is 28.8 Å². The zero-order valence-corrected chi connectivity index (χ0v) is 9.34. The van der Waals surface area contributed by atoms with Crippen LogP contribution in [-0.4, -0.2) is 12.6 Å². The third-order valence-electron chi connectivity index (χ3n) is 1.97. The number of hydrogen-bond acceptors (Lipinski definition) is 2. The number of halogens is 1. The summed E-state index contributed by atoms with van der Waals surface area (Å²) in [6.45, 7) is 4.58. The number of aryl methyl sites for hydroxylation is 1. The molecule has 0 saturated heterocycles.